The molecular weight excluding hydrogens is 436 g/mol. The predicted molar refractivity (Wildman–Crippen MR) is 132 cm³/mol. The Labute approximate surface area is 196 Å². The minimum atomic E-state index is -3.75. The first-order valence-corrected chi connectivity index (χ1v) is 12.3. The lowest BCUT2D eigenvalue weighted by atomic mass is 10.1. The topological polar surface area (TPSA) is 84.5 Å². The van der Waals surface area contributed by atoms with E-state index in [1.165, 1.54) is 12.1 Å². The van der Waals surface area contributed by atoms with Gasteiger partial charge in [0, 0.05) is 5.69 Å². The number of benzene rings is 3. The van der Waals surface area contributed by atoms with Crippen molar-refractivity contribution in [2.75, 3.05) is 10.0 Å². The number of carbonyl (C=O) groups is 1. The zero-order valence-electron chi connectivity index (χ0n) is 19.6. The number of carbonyl (C=O) groups excluding carboxylic acids is 1. The fourth-order valence-electron chi connectivity index (χ4n) is 3.26. The summed E-state index contributed by atoms with van der Waals surface area (Å²) in [5, 5.41) is 2.80. The molecule has 1 atom stereocenters. The van der Waals surface area contributed by atoms with Crippen LogP contribution in [0.2, 0.25) is 0 Å². The van der Waals surface area contributed by atoms with Crippen LogP contribution in [-0.2, 0) is 14.8 Å². The third-order valence-electron chi connectivity index (χ3n) is 5.49. The van der Waals surface area contributed by atoms with Crippen molar-refractivity contribution in [3.8, 4) is 5.75 Å². The van der Waals surface area contributed by atoms with E-state index in [0.29, 0.717) is 23.5 Å². The quantitative estimate of drug-likeness (QED) is 0.458. The number of amides is 1. The van der Waals surface area contributed by atoms with Crippen molar-refractivity contribution >= 4 is 27.3 Å². The zero-order chi connectivity index (χ0) is 24.2. The third-order valence-corrected chi connectivity index (χ3v) is 6.87. The molecule has 1 amide bonds. The van der Waals surface area contributed by atoms with Crippen LogP contribution in [0.3, 0.4) is 0 Å². The standard InChI is InChI=1S/C26H30N2O4S/c1-6-25(32-22-12-9-18(3)20(5)16-22)26(29)27-21-10-13-23(14-11-21)33(30,31)28-24-15-17(2)7-8-19(24)4/h7-16,25,28H,6H2,1-5H3,(H,27,29). The molecule has 0 saturated carbocycles. The smallest absolute Gasteiger partial charge is 0.265 e. The Kier molecular flexibility index (Phi) is 7.43. The van der Waals surface area contributed by atoms with Gasteiger partial charge in [-0.1, -0.05) is 25.1 Å². The van der Waals surface area contributed by atoms with Crippen LogP contribution >= 0.6 is 0 Å². The summed E-state index contributed by atoms with van der Waals surface area (Å²) in [7, 11) is -3.75. The lowest BCUT2D eigenvalue weighted by Crippen LogP contribution is -2.32. The molecule has 0 aliphatic rings. The SMILES string of the molecule is CCC(Oc1ccc(C)c(C)c1)C(=O)Nc1ccc(S(=O)(=O)Nc2cc(C)ccc2C)cc1. The molecule has 0 bridgehead atoms. The monoisotopic (exact) mass is 466 g/mol. The van der Waals surface area contributed by atoms with Crippen LogP contribution in [0.4, 0.5) is 11.4 Å². The van der Waals surface area contributed by atoms with Crippen molar-refractivity contribution in [1.82, 2.24) is 0 Å². The maximum Gasteiger partial charge on any atom is 0.265 e. The predicted octanol–water partition coefficient (Wildman–Crippen LogP) is 5.52. The minimum absolute atomic E-state index is 0.111. The lowest BCUT2D eigenvalue weighted by molar-refractivity contribution is -0.122. The van der Waals surface area contributed by atoms with Gasteiger partial charge in [-0.05, 0) is 98.8 Å². The molecule has 6 nitrogen and oxygen atoms in total. The van der Waals surface area contributed by atoms with Gasteiger partial charge in [-0.15, -0.1) is 0 Å². The second-order valence-electron chi connectivity index (χ2n) is 8.20. The van der Waals surface area contributed by atoms with Crippen molar-refractivity contribution < 1.29 is 17.9 Å². The number of ether oxygens (including phenoxy) is 1. The summed E-state index contributed by atoms with van der Waals surface area (Å²) >= 11 is 0. The summed E-state index contributed by atoms with van der Waals surface area (Å²) in [6.45, 7) is 9.64. The molecule has 0 spiro atoms. The van der Waals surface area contributed by atoms with Gasteiger partial charge in [0.2, 0.25) is 0 Å². The zero-order valence-corrected chi connectivity index (χ0v) is 20.4. The number of anilines is 2. The molecule has 174 valence electrons. The van der Waals surface area contributed by atoms with Gasteiger partial charge in [0.05, 0.1) is 10.6 Å². The first-order chi connectivity index (χ1) is 15.6. The first kappa shape index (κ1) is 24.3. The molecule has 3 aromatic rings. The average molecular weight is 467 g/mol. The van der Waals surface area contributed by atoms with Crippen LogP contribution in [0, 0.1) is 27.7 Å². The Bertz CT molecular complexity index is 1250. The van der Waals surface area contributed by atoms with E-state index in [-0.39, 0.29) is 10.8 Å². The molecule has 1 unspecified atom stereocenters. The largest absolute Gasteiger partial charge is 0.481 e. The van der Waals surface area contributed by atoms with Gasteiger partial charge in [0.15, 0.2) is 6.10 Å². The van der Waals surface area contributed by atoms with Crippen molar-refractivity contribution in [3.05, 3.63) is 82.9 Å². The number of aryl methyl sites for hydroxylation is 4. The molecule has 2 N–H and O–H groups in total. The van der Waals surface area contributed by atoms with Crippen LogP contribution < -0.4 is 14.8 Å². The second kappa shape index (κ2) is 10.1. The molecule has 0 aliphatic carbocycles. The highest BCUT2D eigenvalue weighted by Gasteiger charge is 2.20. The summed E-state index contributed by atoms with van der Waals surface area (Å²) < 4.78 is 34.1. The van der Waals surface area contributed by atoms with Crippen molar-refractivity contribution in [3.63, 3.8) is 0 Å². The van der Waals surface area contributed by atoms with Gasteiger partial charge < -0.3 is 10.1 Å². The number of rotatable bonds is 8. The van der Waals surface area contributed by atoms with E-state index in [1.54, 1.807) is 18.2 Å². The van der Waals surface area contributed by atoms with Crippen LogP contribution in [-0.4, -0.2) is 20.4 Å². The highest BCUT2D eigenvalue weighted by molar-refractivity contribution is 7.92. The highest BCUT2D eigenvalue weighted by atomic mass is 32.2. The normalized spacial score (nSPS) is 12.2. The summed E-state index contributed by atoms with van der Waals surface area (Å²) in [5.41, 5.74) is 5.08. The Morgan fingerprint density at radius 1 is 0.879 bits per heavy atom. The minimum Gasteiger partial charge on any atom is -0.481 e. The van der Waals surface area contributed by atoms with Gasteiger partial charge in [-0.2, -0.15) is 0 Å². The van der Waals surface area contributed by atoms with Gasteiger partial charge in [-0.25, -0.2) is 8.42 Å². The first-order valence-electron chi connectivity index (χ1n) is 10.8. The third kappa shape index (κ3) is 6.14. The van der Waals surface area contributed by atoms with E-state index in [0.717, 1.165) is 22.3 Å². The van der Waals surface area contributed by atoms with Gasteiger partial charge in [0.25, 0.3) is 15.9 Å². The fourth-order valence-corrected chi connectivity index (χ4v) is 4.39. The molecule has 0 radical (unpaired) electrons. The van der Waals surface area contributed by atoms with Gasteiger partial charge in [0.1, 0.15) is 5.75 Å². The van der Waals surface area contributed by atoms with Crippen molar-refractivity contribution in [1.29, 1.82) is 0 Å². The maximum atomic E-state index is 12.8. The van der Waals surface area contributed by atoms with E-state index in [1.807, 2.05) is 65.0 Å². The molecule has 3 aromatic carbocycles. The van der Waals surface area contributed by atoms with E-state index < -0.39 is 16.1 Å². The Morgan fingerprint density at radius 2 is 1.55 bits per heavy atom. The number of hydrogen-bond donors (Lipinski definition) is 2. The molecule has 0 heterocycles. The fraction of sp³-hybridized carbons (Fsp3) is 0.269. The van der Waals surface area contributed by atoms with Gasteiger partial charge in [-0.3, -0.25) is 9.52 Å². The number of nitrogens with one attached hydrogen (secondary N) is 2. The van der Waals surface area contributed by atoms with E-state index in [9.17, 15) is 13.2 Å². The second-order valence-corrected chi connectivity index (χ2v) is 9.88. The Hall–Kier alpha value is -3.32. The summed E-state index contributed by atoms with van der Waals surface area (Å²) in [6, 6.07) is 17.4. The summed E-state index contributed by atoms with van der Waals surface area (Å²) in [4.78, 5) is 12.8. The molecular formula is C26H30N2O4S. The molecule has 0 fully saturated rings. The molecule has 33 heavy (non-hydrogen) atoms. The average Bonchev–Trinajstić information content (AvgIpc) is 2.77. The molecule has 7 heteroatoms. The van der Waals surface area contributed by atoms with Crippen LogP contribution in [0.25, 0.3) is 0 Å². The van der Waals surface area contributed by atoms with Gasteiger partial charge >= 0.3 is 0 Å². The number of sulfonamides is 1. The molecule has 0 aromatic heterocycles. The van der Waals surface area contributed by atoms with E-state index >= 15 is 0 Å². The van der Waals surface area contributed by atoms with Crippen molar-refractivity contribution in [2.24, 2.45) is 0 Å². The summed E-state index contributed by atoms with van der Waals surface area (Å²) in [5.74, 6) is 0.346. The maximum absolute atomic E-state index is 12.8. The molecule has 0 aliphatic heterocycles. The summed E-state index contributed by atoms with van der Waals surface area (Å²) in [6.07, 6.45) is -0.174. The van der Waals surface area contributed by atoms with E-state index in [4.69, 9.17) is 4.74 Å². The van der Waals surface area contributed by atoms with Crippen LogP contribution in [0.1, 0.15) is 35.6 Å². The van der Waals surface area contributed by atoms with Crippen LogP contribution in [0.15, 0.2) is 65.6 Å². The Balaban J connectivity index is 1.69. The highest BCUT2D eigenvalue weighted by Crippen LogP contribution is 2.23. The molecule has 3 rings (SSSR count). The van der Waals surface area contributed by atoms with Crippen LogP contribution in [0.5, 0.6) is 5.75 Å². The molecule has 0 saturated heterocycles. The van der Waals surface area contributed by atoms with Crippen molar-refractivity contribution in [2.45, 2.75) is 52.0 Å². The Morgan fingerprint density at radius 3 is 2.18 bits per heavy atom. The lowest BCUT2D eigenvalue weighted by Gasteiger charge is -2.18. The van der Waals surface area contributed by atoms with E-state index in [2.05, 4.69) is 10.0 Å². The number of hydrogen-bond acceptors (Lipinski definition) is 4.